The van der Waals surface area contributed by atoms with Crippen molar-refractivity contribution < 1.29 is 19.2 Å². The molecule has 0 aromatic heterocycles. The SMILES string of the molecule is CCC(CC)(CNC(=O)OC(C)(C)C)NC(=O)/C=C/c1ccccc1[N+](=O)[O-]. The van der Waals surface area contributed by atoms with Gasteiger partial charge in [-0.25, -0.2) is 4.79 Å². The van der Waals surface area contributed by atoms with Gasteiger partial charge in [-0.3, -0.25) is 14.9 Å². The molecule has 1 aromatic carbocycles. The van der Waals surface area contributed by atoms with Crippen molar-refractivity contribution in [2.75, 3.05) is 6.54 Å². The fraction of sp³-hybridized carbons (Fsp3) is 0.500. The monoisotopic (exact) mass is 391 g/mol. The molecule has 8 nitrogen and oxygen atoms in total. The summed E-state index contributed by atoms with van der Waals surface area (Å²) in [4.78, 5) is 34.9. The Bertz CT molecular complexity index is 734. The molecule has 1 rings (SSSR count). The van der Waals surface area contributed by atoms with Crippen LogP contribution in [0.3, 0.4) is 0 Å². The van der Waals surface area contributed by atoms with Crippen LogP contribution < -0.4 is 10.6 Å². The molecule has 1 aromatic rings. The van der Waals surface area contributed by atoms with E-state index in [0.29, 0.717) is 18.4 Å². The second kappa shape index (κ2) is 9.87. The fourth-order valence-electron chi connectivity index (χ4n) is 2.54. The summed E-state index contributed by atoms with van der Waals surface area (Å²) in [6.45, 7) is 9.34. The number of alkyl carbamates (subject to hydrolysis) is 1. The molecule has 0 saturated heterocycles. The smallest absolute Gasteiger partial charge is 0.407 e. The van der Waals surface area contributed by atoms with Gasteiger partial charge in [-0.15, -0.1) is 0 Å². The van der Waals surface area contributed by atoms with E-state index < -0.39 is 28.1 Å². The molecule has 0 aliphatic heterocycles. The maximum absolute atomic E-state index is 12.4. The topological polar surface area (TPSA) is 111 Å². The van der Waals surface area contributed by atoms with Crippen molar-refractivity contribution in [2.24, 2.45) is 0 Å². The van der Waals surface area contributed by atoms with Crippen LogP contribution in [0.25, 0.3) is 6.08 Å². The van der Waals surface area contributed by atoms with Crippen LogP contribution in [0.2, 0.25) is 0 Å². The maximum atomic E-state index is 12.4. The normalized spacial score (nSPS) is 11.9. The van der Waals surface area contributed by atoms with Crippen molar-refractivity contribution in [1.29, 1.82) is 0 Å². The first-order valence-electron chi connectivity index (χ1n) is 9.22. The van der Waals surface area contributed by atoms with Crippen molar-refractivity contribution in [1.82, 2.24) is 10.6 Å². The van der Waals surface area contributed by atoms with E-state index in [2.05, 4.69) is 10.6 Å². The second-order valence-corrected chi connectivity index (χ2v) is 7.48. The van der Waals surface area contributed by atoms with Gasteiger partial charge in [0.2, 0.25) is 5.91 Å². The highest BCUT2D eigenvalue weighted by Crippen LogP contribution is 2.19. The van der Waals surface area contributed by atoms with Gasteiger partial charge in [-0.05, 0) is 45.8 Å². The molecule has 2 N–H and O–H groups in total. The van der Waals surface area contributed by atoms with Gasteiger partial charge in [0, 0.05) is 18.7 Å². The summed E-state index contributed by atoms with van der Waals surface area (Å²) in [5, 5.41) is 16.7. The molecular weight excluding hydrogens is 362 g/mol. The first-order valence-corrected chi connectivity index (χ1v) is 9.22. The molecule has 0 fully saturated rings. The number of nitro benzene ring substituents is 1. The van der Waals surface area contributed by atoms with Crippen molar-refractivity contribution in [3.05, 3.63) is 46.0 Å². The van der Waals surface area contributed by atoms with Crippen LogP contribution in [0.1, 0.15) is 53.0 Å². The van der Waals surface area contributed by atoms with Crippen LogP contribution in [0.5, 0.6) is 0 Å². The molecule has 0 spiro atoms. The molecule has 0 heterocycles. The summed E-state index contributed by atoms with van der Waals surface area (Å²) in [5.41, 5.74) is -0.994. The van der Waals surface area contributed by atoms with Gasteiger partial charge in [0.25, 0.3) is 5.69 Å². The summed E-state index contributed by atoms with van der Waals surface area (Å²) in [6, 6.07) is 6.18. The third-order valence-corrected chi connectivity index (χ3v) is 4.26. The number of hydrogen-bond donors (Lipinski definition) is 2. The lowest BCUT2D eigenvalue weighted by atomic mass is 9.92. The molecular formula is C20H29N3O5. The molecule has 0 radical (unpaired) electrons. The highest BCUT2D eigenvalue weighted by Gasteiger charge is 2.29. The van der Waals surface area contributed by atoms with E-state index in [-0.39, 0.29) is 12.2 Å². The number of nitrogens with zero attached hydrogens (tertiary/aromatic N) is 1. The third kappa shape index (κ3) is 7.38. The van der Waals surface area contributed by atoms with Gasteiger partial charge in [0.05, 0.1) is 16.0 Å². The highest BCUT2D eigenvalue weighted by molar-refractivity contribution is 5.92. The number of para-hydroxylation sites is 1. The predicted molar refractivity (Wildman–Crippen MR) is 108 cm³/mol. The van der Waals surface area contributed by atoms with E-state index in [4.69, 9.17) is 4.74 Å². The Balaban J connectivity index is 2.81. The van der Waals surface area contributed by atoms with Crippen LogP contribution in [-0.4, -0.2) is 34.6 Å². The summed E-state index contributed by atoms with van der Waals surface area (Å²) in [7, 11) is 0. The molecule has 154 valence electrons. The Labute approximate surface area is 165 Å². The van der Waals surface area contributed by atoms with Crippen LogP contribution in [0.4, 0.5) is 10.5 Å². The molecule has 0 atom stereocenters. The number of nitrogens with one attached hydrogen (secondary N) is 2. The average Bonchev–Trinajstić information content (AvgIpc) is 2.62. The summed E-state index contributed by atoms with van der Waals surface area (Å²) in [5.74, 6) is -0.396. The van der Waals surface area contributed by atoms with Crippen LogP contribution >= 0.6 is 0 Å². The van der Waals surface area contributed by atoms with E-state index in [9.17, 15) is 19.7 Å². The van der Waals surface area contributed by atoms with E-state index in [1.165, 1.54) is 18.2 Å². The number of amides is 2. The molecule has 0 aliphatic rings. The van der Waals surface area contributed by atoms with Crippen LogP contribution in [0, 0.1) is 10.1 Å². The quantitative estimate of drug-likeness (QED) is 0.398. The number of carbonyl (C=O) groups is 2. The molecule has 0 aliphatic carbocycles. The van der Waals surface area contributed by atoms with Crippen molar-refractivity contribution in [2.45, 2.75) is 58.6 Å². The number of carbonyl (C=O) groups excluding carboxylic acids is 2. The fourth-order valence-corrected chi connectivity index (χ4v) is 2.54. The molecule has 2 amide bonds. The minimum atomic E-state index is -0.652. The maximum Gasteiger partial charge on any atom is 0.407 e. The number of rotatable bonds is 8. The minimum Gasteiger partial charge on any atom is -0.444 e. The highest BCUT2D eigenvalue weighted by atomic mass is 16.6. The Morgan fingerprint density at radius 2 is 1.79 bits per heavy atom. The predicted octanol–water partition coefficient (Wildman–Crippen LogP) is 3.81. The Kier molecular flexibility index (Phi) is 8.16. The number of ether oxygens (including phenoxy) is 1. The third-order valence-electron chi connectivity index (χ3n) is 4.26. The zero-order valence-corrected chi connectivity index (χ0v) is 17.1. The van der Waals surface area contributed by atoms with E-state index >= 15 is 0 Å². The van der Waals surface area contributed by atoms with Crippen molar-refractivity contribution in [3.63, 3.8) is 0 Å². The van der Waals surface area contributed by atoms with Gasteiger partial charge in [0.1, 0.15) is 5.60 Å². The number of benzene rings is 1. The molecule has 0 bridgehead atoms. The standard InChI is InChI=1S/C20H29N3O5/c1-6-20(7-2,14-21-18(25)28-19(3,4)5)22-17(24)13-12-15-10-8-9-11-16(15)23(26)27/h8-13H,6-7,14H2,1-5H3,(H,21,25)(H,22,24)/b13-12+. The molecule has 8 heteroatoms. The van der Waals surface area contributed by atoms with Gasteiger partial charge in [-0.1, -0.05) is 26.0 Å². The van der Waals surface area contributed by atoms with Crippen molar-refractivity contribution in [3.8, 4) is 0 Å². The van der Waals surface area contributed by atoms with E-state index in [1.807, 2.05) is 13.8 Å². The second-order valence-electron chi connectivity index (χ2n) is 7.48. The van der Waals surface area contributed by atoms with Crippen LogP contribution in [0.15, 0.2) is 30.3 Å². The minimum absolute atomic E-state index is 0.0737. The summed E-state index contributed by atoms with van der Waals surface area (Å²) in [6.07, 6.45) is 3.29. The molecule has 28 heavy (non-hydrogen) atoms. The van der Waals surface area contributed by atoms with Gasteiger partial charge in [-0.2, -0.15) is 0 Å². The number of nitro groups is 1. The zero-order chi connectivity index (χ0) is 21.4. The van der Waals surface area contributed by atoms with Gasteiger partial charge < -0.3 is 15.4 Å². The lowest BCUT2D eigenvalue weighted by molar-refractivity contribution is -0.385. The lowest BCUT2D eigenvalue weighted by Gasteiger charge is -2.33. The van der Waals surface area contributed by atoms with E-state index in [0.717, 1.165) is 0 Å². The first kappa shape index (κ1) is 23.1. The molecule has 0 saturated carbocycles. The summed E-state index contributed by atoms with van der Waals surface area (Å²) >= 11 is 0. The summed E-state index contributed by atoms with van der Waals surface area (Å²) < 4.78 is 5.23. The Morgan fingerprint density at radius 1 is 1.18 bits per heavy atom. The van der Waals surface area contributed by atoms with Gasteiger partial charge in [0.15, 0.2) is 0 Å². The molecule has 0 unspecified atom stereocenters. The van der Waals surface area contributed by atoms with Crippen molar-refractivity contribution >= 4 is 23.8 Å². The van der Waals surface area contributed by atoms with E-state index in [1.54, 1.807) is 39.0 Å². The zero-order valence-electron chi connectivity index (χ0n) is 17.1. The Morgan fingerprint density at radius 3 is 2.32 bits per heavy atom. The lowest BCUT2D eigenvalue weighted by Crippen LogP contribution is -2.55. The largest absolute Gasteiger partial charge is 0.444 e. The Hall–Kier alpha value is -2.90. The number of hydrogen-bond acceptors (Lipinski definition) is 5. The van der Waals surface area contributed by atoms with Crippen LogP contribution in [-0.2, 0) is 9.53 Å². The van der Waals surface area contributed by atoms with Gasteiger partial charge >= 0.3 is 6.09 Å². The average molecular weight is 391 g/mol. The first-order chi connectivity index (χ1) is 13.0.